The number of anilines is 1. The summed E-state index contributed by atoms with van der Waals surface area (Å²) in [7, 11) is 0. The standard InChI is InChI=1S/C18H22N2O5/c21-16(20-8-2-4-14(20)10-17(22)23)11-25-15-5-1-3-13(9-15)19-18(24)12-6-7-12/h1,3,5,9,12,14H,2,4,6-8,10-11H2,(H,19,24)(H,22,23). The molecule has 0 radical (unpaired) electrons. The molecule has 3 rings (SSSR count). The summed E-state index contributed by atoms with van der Waals surface area (Å²) in [5.74, 6) is -0.480. The van der Waals surface area contributed by atoms with Crippen LogP contribution in [0.3, 0.4) is 0 Å². The highest BCUT2D eigenvalue weighted by atomic mass is 16.5. The Morgan fingerprint density at radius 3 is 2.76 bits per heavy atom. The van der Waals surface area contributed by atoms with Crippen LogP contribution in [-0.4, -0.2) is 47.0 Å². The van der Waals surface area contributed by atoms with E-state index in [-0.39, 0.29) is 36.8 Å². The average molecular weight is 346 g/mol. The highest BCUT2D eigenvalue weighted by molar-refractivity contribution is 5.94. The summed E-state index contributed by atoms with van der Waals surface area (Å²) in [6.45, 7) is 0.424. The Morgan fingerprint density at radius 1 is 1.24 bits per heavy atom. The Balaban J connectivity index is 1.53. The van der Waals surface area contributed by atoms with Crippen LogP contribution in [0.25, 0.3) is 0 Å². The van der Waals surface area contributed by atoms with Crippen molar-refractivity contribution in [2.45, 2.75) is 38.1 Å². The van der Waals surface area contributed by atoms with Gasteiger partial charge >= 0.3 is 5.97 Å². The normalized spacial score (nSPS) is 19.5. The lowest BCUT2D eigenvalue weighted by Gasteiger charge is -2.23. The van der Waals surface area contributed by atoms with Crippen molar-refractivity contribution in [3.05, 3.63) is 24.3 Å². The van der Waals surface area contributed by atoms with E-state index >= 15 is 0 Å². The number of hydrogen-bond acceptors (Lipinski definition) is 4. The number of rotatable bonds is 7. The Labute approximate surface area is 146 Å². The van der Waals surface area contributed by atoms with E-state index in [1.807, 2.05) is 0 Å². The molecule has 134 valence electrons. The third kappa shape index (κ3) is 4.71. The molecule has 2 aliphatic rings. The maximum absolute atomic E-state index is 12.3. The van der Waals surface area contributed by atoms with Crippen molar-refractivity contribution in [2.24, 2.45) is 5.92 Å². The van der Waals surface area contributed by atoms with E-state index in [4.69, 9.17) is 9.84 Å². The van der Waals surface area contributed by atoms with Gasteiger partial charge in [0.2, 0.25) is 5.91 Å². The van der Waals surface area contributed by atoms with E-state index < -0.39 is 5.97 Å². The second-order valence-electron chi connectivity index (χ2n) is 6.56. The van der Waals surface area contributed by atoms with E-state index in [2.05, 4.69) is 5.32 Å². The Kier molecular flexibility index (Phi) is 5.21. The van der Waals surface area contributed by atoms with Gasteiger partial charge in [0, 0.05) is 30.3 Å². The molecule has 1 atom stereocenters. The summed E-state index contributed by atoms with van der Waals surface area (Å²) in [6.07, 6.45) is 3.36. The molecular formula is C18H22N2O5. The lowest BCUT2D eigenvalue weighted by molar-refractivity contribution is -0.140. The van der Waals surface area contributed by atoms with Crippen LogP contribution < -0.4 is 10.1 Å². The van der Waals surface area contributed by atoms with Crippen LogP contribution in [0.15, 0.2) is 24.3 Å². The van der Waals surface area contributed by atoms with Gasteiger partial charge in [-0.3, -0.25) is 14.4 Å². The molecule has 1 aromatic rings. The minimum absolute atomic E-state index is 0.0156. The number of carbonyl (C=O) groups is 3. The fraction of sp³-hybridized carbons (Fsp3) is 0.500. The van der Waals surface area contributed by atoms with Crippen molar-refractivity contribution in [3.63, 3.8) is 0 Å². The van der Waals surface area contributed by atoms with Crippen molar-refractivity contribution >= 4 is 23.5 Å². The first-order chi connectivity index (χ1) is 12.0. The third-order valence-corrected chi connectivity index (χ3v) is 4.52. The Hall–Kier alpha value is -2.57. The minimum Gasteiger partial charge on any atom is -0.484 e. The van der Waals surface area contributed by atoms with Gasteiger partial charge in [-0.2, -0.15) is 0 Å². The summed E-state index contributed by atoms with van der Waals surface area (Å²) in [5.41, 5.74) is 0.645. The molecule has 1 saturated carbocycles. The number of benzene rings is 1. The fourth-order valence-electron chi connectivity index (χ4n) is 3.06. The van der Waals surface area contributed by atoms with Crippen LogP contribution in [0, 0.1) is 5.92 Å². The summed E-state index contributed by atoms with van der Waals surface area (Å²) in [6, 6.07) is 6.69. The van der Waals surface area contributed by atoms with Crippen molar-refractivity contribution < 1.29 is 24.2 Å². The van der Waals surface area contributed by atoms with Crippen LogP contribution in [0.1, 0.15) is 32.1 Å². The summed E-state index contributed by atoms with van der Waals surface area (Å²) >= 11 is 0. The van der Waals surface area contributed by atoms with Crippen molar-refractivity contribution in [1.29, 1.82) is 0 Å². The Morgan fingerprint density at radius 2 is 2.04 bits per heavy atom. The third-order valence-electron chi connectivity index (χ3n) is 4.52. The number of carboxylic acids is 1. The van der Waals surface area contributed by atoms with Crippen LogP contribution in [0.4, 0.5) is 5.69 Å². The average Bonchev–Trinajstić information content (AvgIpc) is 3.33. The smallest absolute Gasteiger partial charge is 0.305 e. The molecule has 1 unspecified atom stereocenters. The molecular weight excluding hydrogens is 324 g/mol. The Bertz CT molecular complexity index is 671. The van der Waals surface area contributed by atoms with E-state index in [0.717, 1.165) is 19.3 Å². The SMILES string of the molecule is O=C(O)CC1CCCN1C(=O)COc1cccc(NC(=O)C2CC2)c1. The highest BCUT2D eigenvalue weighted by Gasteiger charge is 2.31. The predicted octanol–water partition coefficient (Wildman–Crippen LogP) is 1.88. The first-order valence-electron chi connectivity index (χ1n) is 8.58. The van der Waals surface area contributed by atoms with E-state index in [0.29, 0.717) is 24.4 Å². The number of ether oxygens (including phenoxy) is 1. The molecule has 0 spiro atoms. The monoisotopic (exact) mass is 346 g/mol. The topological polar surface area (TPSA) is 95.9 Å². The van der Waals surface area contributed by atoms with E-state index in [1.165, 1.54) is 0 Å². The number of carbonyl (C=O) groups excluding carboxylic acids is 2. The predicted molar refractivity (Wildman–Crippen MR) is 90.3 cm³/mol. The maximum atomic E-state index is 12.3. The van der Waals surface area contributed by atoms with E-state index in [9.17, 15) is 14.4 Å². The molecule has 0 aromatic heterocycles. The molecule has 7 nitrogen and oxygen atoms in total. The number of likely N-dealkylation sites (tertiary alicyclic amines) is 1. The lowest BCUT2D eigenvalue weighted by Crippen LogP contribution is -2.39. The van der Waals surface area contributed by atoms with Gasteiger partial charge in [0.15, 0.2) is 6.61 Å². The molecule has 1 aliphatic carbocycles. The van der Waals surface area contributed by atoms with Crippen LogP contribution in [-0.2, 0) is 14.4 Å². The van der Waals surface area contributed by atoms with Crippen LogP contribution in [0.5, 0.6) is 5.75 Å². The van der Waals surface area contributed by atoms with Gasteiger partial charge in [-0.25, -0.2) is 0 Å². The van der Waals surface area contributed by atoms with E-state index in [1.54, 1.807) is 29.2 Å². The lowest BCUT2D eigenvalue weighted by atomic mass is 10.1. The second kappa shape index (κ2) is 7.55. The molecule has 7 heteroatoms. The number of amides is 2. The van der Waals surface area contributed by atoms with Crippen LogP contribution >= 0.6 is 0 Å². The van der Waals surface area contributed by atoms with Crippen molar-refractivity contribution in [1.82, 2.24) is 4.90 Å². The molecule has 25 heavy (non-hydrogen) atoms. The number of aliphatic carboxylic acids is 1. The summed E-state index contributed by atoms with van der Waals surface area (Å²) in [5, 5.41) is 11.8. The number of hydrogen-bond donors (Lipinski definition) is 2. The van der Waals surface area contributed by atoms with Gasteiger partial charge in [0.05, 0.1) is 6.42 Å². The first kappa shape index (κ1) is 17.3. The van der Waals surface area contributed by atoms with Gasteiger partial charge in [0.25, 0.3) is 5.91 Å². The molecule has 0 bridgehead atoms. The molecule has 1 heterocycles. The molecule has 1 aliphatic heterocycles. The first-order valence-corrected chi connectivity index (χ1v) is 8.58. The fourth-order valence-corrected chi connectivity index (χ4v) is 3.06. The molecule has 2 N–H and O–H groups in total. The van der Waals surface area contributed by atoms with Gasteiger partial charge in [-0.1, -0.05) is 6.07 Å². The largest absolute Gasteiger partial charge is 0.484 e. The number of nitrogens with zero attached hydrogens (tertiary/aromatic N) is 1. The zero-order chi connectivity index (χ0) is 17.8. The minimum atomic E-state index is -0.898. The number of nitrogens with one attached hydrogen (secondary N) is 1. The zero-order valence-electron chi connectivity index (χ0n) is 13.9. The quantitative estimate of drug-likeness (QED) is 0.786. The molecule has 1 saturated heterocycles. The van der Waals surface area contributed by atoms with Gasteiger partial charge in [-0.15, -0.1) is 0 Å². The molecule has 2 fully saturated rings. The molecule has 2 amide bonds. The van der Waals surface area contributed by atoms with Crippen molar-refractivity contribution in [2.75, 3.05) is 18.5 Å². The highest BCUT2D eigenvalue weighted by Crippen LogP contribution is 2.30. The number of carboxylic acid groups (broad SMARTS) is 1. The summed E-state index contributed by atoms with van der Waals surface area (Å²) < 4.78 is 5.54. The van der Waals surface area contributed by atoms with Crippen LogP contribution in [0.2, 0.25) is 0 Å². The second-order valence-corrected chi connectivity index (χ2v) is 6.56. The molecule has 1 aromatic carbocycles. The zero-order valence-corrected chi connectivity index (χ0v) is 13.9. The van der Waals surface area contributed by atoms with Gasteiger partial charge in [0.1, 0.15) is 5.75 Å². The van der Waals surface area contributed by atoms with Gasteiger partial charge < -0.3 is 20.1 Å². The van der Waals surface area contributed by atoms with Crippen molar-refractivity contribution in [3.8, 4) is 5.75 Å². The van der Waals surface area contributed by atoms with Gasteiger partial charge in [-0.05, 0) is 37.8 Å². The maximum Gasteiger partial charge on any atom is 0.305 e. The summed E-state index contributed by atoms with van der Waals surface area (Å²) in [4.78, 5) is 36.6.